The topological polar surface area (TPSA) is 68.5 Å². The molecule has 0 saturated carbocycles. The Bertz CT molecular complexity index is 729. The molecule has 8 heteroatoms. The second-order valence-electron chi connectivity index (χ2n) is 4.93. The van der Waals surface area contributed by atoms with Gasteiger partial charge in [-0.15, -0.1) is 0 Å². The van der Waals surface area contributed by atoms with E-state index in [1.165, 1.54) is 23.2 Å². The van der Waals surface area contributed by atoms with Crippen LogP contribution in [0.15, 0.2) is 35.5 Å². The number of aliphatic imine (C=N–C) groups is 1. The van der Waals surface area contributed by atoms with E-state index in [-0.39, 0.29) is 11.7 Å². The Morgan fingerprint density at radius 2 is 2.21 bits per heavy atom. The van der Waals surface area contributed by atoms with Crippen LogP contribution in [0.2, 0.25) is 0 Å². The molecule has 2 aromatic rings. The summed E-state index contributed by atoms with van der Waals surface area (Å²) in [7, 11) is 1.63. The summed E-state index contributed by atoms with van der Waals surface area (Å²) in [6.45, 7) is -0.436. The summed E-state index contributed by atoms with van der Waals surface area (Å²) >= 11 is 0. The van der Waals surface area contributed by atoms with Gasteiger partial charge in [0.15, 0.2) is 5.69 Å². The molecule has 1 aromatic heterocycles. The molecular weight excluding hydrogens is 318 g/mol. The molecule has 1 N–H and O–H groups in total. The van der Waals surface area contributed by atoms with Crippen LogP contribution < -0.4 is 10.1 Å². The number of halogens is 2. The average molecular weight is 336 g/mol. The van der Waals surface area contributed by atoms with E-state index in [0.29, 0.717) is 23.5 Å². The lowest BCUT2D eigenvalue weighted by Gasteiger charge is -2.07. The lowest BCUT2D eigenvalue weighted by atomic mass is 10.2. The number of ether oxygens (including phenoxy) is 1. The van der Waals surface area contributed by atoms with Gasteiger partial charge < -0.3 is 10.1 Å². The highest BCUT2D eigenvalue weighted by Crippen LogP contribution is 2.21. The van der Waals surface area contributed by atoms with Gasteiger partial charge in [0.25, 0.3) is 5.91 Å². The highest BCUT2D eigenvalue weighted by Gasteiger charge is 2.16. The number of aromatic nitrogens is 2. The maximum absolute atomic E-state index is 12.4. The molecule has 24 heavy (non-hydrogen) atoms. The van der Waals surface area contributed by atoms with Crippen LogP contribution in [0.3, 0.4) is 0 Å². The van der Waals surface area contributed by atoms with E-state index in [2.05, 4.69) is 20.1 Å². The van der Waals surface area contributed by atoms with Gasteiger partial charge in [-0.25, -0.2) is 0 Å². The Hall–Kier alpha value is -2.77. The number of amides is 1. The van der Waals surface area contributed by atoms with Crippen molar-refractivity contribution in [1.29, 1.82) is 0 Å². The Morgan fingerprint density at radius 3 is 2.92 bits per heavy atom. The minimum atomic E-state index is -2.92. The number of nitrogens with one attached hydrogen (secondary N) is 1. The summed E-state index contributed by atoms with van der Waals surface area (Å²) in [5, 5.41) is 6.77. The van der Waals surface area contributed by atoms with Crippen molar-refractivity contribution in [3.8, 4) is 5.75 Å². The molecule has 0 fully saturated rings. The van der Waals surface area contributed by atoms with E-state index >= 15 is 0 Å². The van der Waals surface area contributed by atoms with Gasteiger partial charge in [-0.1, -0.05) is 19.1 Å². The molecule has 6 nitrogen and oxygen atoms in total. The maximum Gasteiger partial charge on any atom is 0.387 e. The molecule has 0 bridgehead atoms. The quantitative estimate of drug-likeness (QED) is 0.791. The van der Waals surface area contributed by atoms with Gasteiger partial charge in [0.1, 0.15) is 11.4 Å². The molecule has 0 atom stereocenters. The fraction of sp³-hybridized carbons (Fsp3) is 0.312. The van der Waals surface area contributed by atoms with Crippen LogP contribution in [-0.2, 0) is 7.05 Å². The first-order valence-corrected chi connectivity index (χ1v) is 7.41. The smallest absolute Gasteiger partial charge is 0.387 e. The average Bonchev–Trinajstić information content (AvgIpc) is 2.92. The number of hydrogen-bond acceptors (Lipinski definition) is 4. The summed E-state index contributed by atoms with van der Waals surface area (Å²) in [5.74, 6) is -0.279. The number of para-hydroxylation sites is 1. The van der Waals surface area contributed by atoms with Crippen LogP contribution in [0, 0.1) is 0 Å². The van der Waals surface area contributed by atoms with E-state index in [4.69, 9.17) is 0 Å². The van der Waals surface area contributed by atoms with Gasteiger partial charge in [-0.05, 0) is 18.6 Å². The number of carbonyl (C=O) groups is 1. The zero-order valence-corrected chi connectivity index (χ0v) is 13.4. The molecule has 2 rings (SSSR count). The number of nitrogens with zero attached hydrogens (tertiary/aromatic N) is 3. The molecule has 0 spiro atoms. The molecule has 0 unspecified atom stereocenters. The Kier molecular flexibility index (Phi) is 6.00. The molecule has 1 amide bonds. The number of carbonyl (C=O) groups excluding carboxylic acids is 1. The molecule has 0 saturated heterocycles. The van der Waals surface area contributed by atoms with Crippen LogP contribution in [0.1, 0.15) is 29.4 Å². The van der Waals surface area contributed by atoms with Gasteiger partial charge in [0, 0.05) is 25.4 Å². The Labute approximate surface area is 138 Å². The first kappa shape index (κ1) is 17.6. The van der Waals surface area contributed by atoms with Crippen LogP contribution >= 0.6 is 0 Å². The van der Waals surface area contributed by atoms with E-state index in [1.807, 2.05) is 6.92 Å². The molecule has 0 aliphatic heterocycles. The zero-order valence-electron chi connectivity index (χ0n) is 13.4. The van der Waals surface area contributed by atoms with Crippen LogP contribution in [0.4, 0.5) is 14.5 Å². The van der Waals surface area contributed by atoms with Crippen LogP contribution in [0.25, 0.3) is 0 Å². The van der Waals surface area contributed by atoms with Gasteiger partial charge in [-0.2, -0.15) is 13.9 Å². The molecule has 0 aliphatic rings. The lowest BCUT2D eigenvalue weighted by molar-refractivity contribution is -0.0499. The number of hydrogen-bond donors (Lipinski definition) is 1. The van der Waals surface area contributed by atoms with Gasteiger partial charge in [0.2, 0.25) is 0 Å². The number of benzene rings is 1. The van der Waals surface area contributed by atoms with E-state index in [1.54, 1.807) is 25.2 Å². The van der Waals surface area contributed by atoms with Gasteiger partial charge in [-0.3, -0.25) is 14.5 Å². The minimum Gasteiger partial charge on any atom is -0.434 e. The van der Waals surface area contributed by atoms with Crippen LogP contribution in [-0.4, -0.2) is 35.1 Å². The largest absolute Gasteiger partial charge is 0.434 e. The minimum absolute atomic E-state index is 0.0112. The summed E-state index contributed by atoms with van der Waals surface area (Å²) < 4.78 is 30.7. The molecule has 1 aromatic carbocycles. The Balaban J connectivity index is 2.26. The van der Waals surface area contributed by atoms with E-state index < -0.39 is 6.61 Å². The van der Waals surface area contributed by atoms with Crippen molar-refractivity contribution in [2.75, 3.05) is 6.54 Å². The number of alkyl halides is 2. The molecule has 0 radical (unpaired) electrons. The summed E-state index contributed by atoms with van der Waals surface area (Å²) in [5.41, 5.74) is 1.02. The maximum atomic E-state index is 12.4. The SMILES string of the molecule is CCCNC(=O)c1c(N=Cc2ccccc2OC(F)F)cnn1C. The van der Waals surface area contributed by atoms with Gasteiger partial charge >= 0.3 is 6.61 Å². The fourth-order valence-corrected chi connectivity index (χ4v) is 2.04. The van der Waals surface area contributed by atoms with Crippen molar-refractivity contribution in [2.45, 2.75) is 20.0 Å². The third kappa shape index (κ3) is 4.37. The van der Waals surface area contributed by atoms with Crippen molar-refractivity contribution in [3.63, 3.8) is 0 Å². The second-order valence-corrected chi connectivity index (χ2v) is 4.93. The van der Waals surface area contributed by atoms with Crippen molar-refractivity contribution >= 4 is 17.8 Å². The van der Waals surface area contributed by atoms with E-state index in [9.17, 15) is 13.6 Å². The predicted molar refractivity (Wildman–Crippen MR) is 86.2 cm³/mol. The third-order valence-corrected chi connectivity index (χ3v) is 3.15. The summed E-state index contributed by atoms with van der Waals surface area (Å²) in [6, 6.07) is 6.28. The number of aryl methyl sites for hydroxylation is 1. The summed E-state index contributed by atoms with van der Waals surface area (Å²) in [6.07, 6.45) is 3.61. The molecular formula is C16H18F2N4O2. The monoisotopic (exact) mass is 336 g/mol. The fourth-order valence-electron chi connectivity index (χ4n) is 2.04. The standard InChI is InChI=1S/C16H18F2N4O2/c1-3-8-19-15(23)14-12(10-21-22(14)2)20-9-11-6-4-5-7-13(11)24-16(17)18/h4-7,9-10,16H,3,8H2,1-2H3,(H,19,23). The number of rotatable bonds is 7. The highest BCUT2D eigenvalue weighted by atomic mass is 19.3. The van der Waals surface area contributed by atoms with E-state index in [0.717, 1.165) is 6.42 Å². The molecule has 0 aliphatic carbocycles. The predicted octanol–water partition coefficient (Wildman–Crippen LogP) is 2.91. The first-order valence-electron chi connectivity index (χ1n) is 7.41. The zero-order chi connectivity index (χ0) is 17.5. The molecule has 1 heterocycles. The lowest BCUT2D eigenvalue weighted by Crippen LogP contribution is -2.26. The van der Waals surface area contributed by atoms with Gasteiger partial charge in [0.05, 0.1) is 6.20 Å². The summed E-state index contributed by atoms with van der Waals surface area (Å²) in [4.78, 5) is 16.4. The molecule has 128 valence electrons. The van der Waals surface area contributed by atoms with Crippen molar-refractivity contribution in [3.05, 3.63) is 41.7 Å². The van der Waals surface area contributed by atoms with Crippen molar-refractivity contribution in [2.24, 2.45) is 12.0 Å². The third-order valence-electron chi connectivity index (χ3n) is 3.15. The van der Waals surface area contributed by atoms with Crippen molar-refractivity contribution in [1.82, 2.24) is 15.1 Å². The normalized spacial score (nSPS) is 11.2. The second kappa shape index (κ2) is 8.19. The Morgan fingerprint density at radius 1 is 1.46 bits per heavy atom. The highest BCUT2D eigenvalue weighted by molar-refractivity contribution is 5.98. The van der Waals surface area contributed by atoms with Crippen LogP contribution in [0.5, 0.6) is 5.75 Å². The first-order chi connectivity index (χ1) is 11.5. The van der Waals surface area contributed by atoms with Crippen molar-refractivity contribution < 1.29 is 18.3 Å².